The molecule has 0 bridgehead atoms. The molecule has 1 aliphatic rings. The van der Waals surface area contributed by atoms with E-state index in [4.69, 9.17) is 0 Å². The van der Waals surface area contributed by atoms with Crippen molar-refractivity contribution in [1.29, 1.82) is 0 Å². The first-order chi connectivity index (χ1) is 4.91. The lowest BCUT2D eigenvalue weighted by atomic mass is 10.1. The van der Waals surface area contributed by atoms with Gasteiger partial charge >= 0.3 is 0 Å². The van der Waals surface area contributed by atoms with Crippen LogP contribution in [0.25, 0.3) is 0 Å². The predicted octanol–water partition coefficient (Wildman–Crippen LogP) is 1.64. The van der Waals surface area contributed by atoms with E-state index in [1.165, 1.54) is 0 Å². The summed E-state index contributed by atoms with van der Waals surface area (Å²) in [6.07, 6.45) is -1.46. The average molecular weight is 171 g/mol. The van der Waals surface area contributed by atoms with Crippen LogP contribution in [-0.2, 0) is 0 Å². The number of rotatable bonds is 0. The van der Waals surface area contributed by atoms with Gasteiger partial charge in [0.2, 0.25) is 0 Å². The van der Waals surface area contributed by atoms with Gasteiger partial charge in [-0.2, -0.15) is 0 Å². The van der Waals surface area contributed by atoms with Crippen molar-refractivity contribution in [1.82, 2.24) is 5.32 Å². The monoisotopic (exact) mass is 171 g/mol. The Balaban J connectivity index is 2.53. The van der Waals surface area contributed by atoms with Crippen molar-refractivity contribution in [3.05, 3.63) is 0 Å². The van der Waals surface area contributed by atoms with Gasteiger partial charge in [-0.05, 0) is 0 Å². The molecule has 1 fully saturated rings. The Kier molecular flexibility index (Phi) is 2.09. The molecular formula is C6H9F4N. The molecule has 0 radical (unpaired) electrons. The van der Waals surface area contributed by atoms with Crippen LogP contribution in [-0.4, -0.2) is 24.9 Å². The molecule has 0 saturated carbocycles. The second kappa shape index (κ2) is 2.62. The Morgan fingerprint density at radius 1 is 0.818 bits per heavy atom. The van der Waals surface area contributed by atoms with E-state index < -0.39 is 37.8 Å². The van der Waals surface area contributed by atoms with Crippen molar-refractivity contribution in [2.24, 2.45) is 0 Å². The number of hydrogen-bond acceptors (Lipinski definition) is 1. The van der Waals surface area contributed by atoms with Crippen LogP contribution in [0.4, 0.5) is 17.6 Å². The van der Waals surface area contributed by atoms with E-state index in [1.807, 2.05) is 5.32 Å². The van der Waals surface area contributed by atoms with Crippen molar-refractivity contribution in [3.63, 3.8) is 0 Å². The van der Waals surface area contributed by atoms with Crippen LogP contribution >= 0.6 is 0 Å². The summed E-state index contributed by atoms with van der Waals surface area (Å²) in [7, 11) is 0. The lowest BCUT2D eigenvalue weighted by Crippen LogP contribution is -2.33. The maximum atomic E-state index is 12.4. The van der Waals surface area contributed by atoms with E-state index in [0.29, 0.717) is 0 Å². The van der Waals surface area contributed by atoms with E-state index in [0.717, 1.165) is 0 Å². The van der Waals surface area contributed by atoms with Gasteiger partial charge in [0.1, 0.15) is 0 Å². The molecule has 0 aromatic rings. The summed E-state index contributed by atoms with van der Waals surface area (Å²) >= 11 is 0. The minimum absolute atomic E-state index is 0.636. The molecule has 1 aliphatic heterocycles. The zero-order chi connectivity index (χ0) is 8.54. The summed E-state index contributed by atoms with van der Waals surface area (Å²) in [5, 5.41) is 2.03. The highest BCUT2D eigenvalue weighted by atomic mass is 19.3. The maximum Gasteiger partial charge on any atom is 0.260 e. The molecule has 5 heteroatoms. The van der Waals surface area contributed by atoms with E-state index in [-0.39, 0.29) is 0 Å². The van der Waals surface area contributed by atoms with Crippen LogP contribution in [0.1, 0.15) is 12.8 Å². The molecule has 1 N–H and O–H groups in total. The summed E-state index contributed by atoms with van der Waals surface area (Å²) in [5.74, 6) is -5.94. The molecule has 66 valence electrons. The molecule has 0 aliphatic carbocycles. The normalized spacial score (nSPS) is 29.5. The summed E-state index contributed by atoms with van der Waals surface area (Å²) in [6.45, 7) is -1.27. The molecule has 0 aromatic carbocycles. The van der Waals surface area contributed by atoms with Gasteiger partial charge in [-0.3, -0.25) is 0 Å². The number of alkyl halides is 4. The van der Waals surface area contributed by atoms with E-state index in [2.05, 4.69) is 0 Å². The van der Waals surface area contributed by atoms with Crippen molar-refractivity contribution >= 4 is 0 Å². The first kappa shape index (κ1) is 8.77. The van der Waals surface area contributed by atoms with Crippen LogP contribution in [0.5, 0.6) is 0 Å². The van der Waals surface area contributed by atoms with Crippen LogP contribution in [0.2, 0.25) is 0 Å². The standard InChI is InChI=1S/C6H9F4N/c7-5(8)1-2-6(9,10)4-11-3-5/h11H,1-4H2. The van der Waals surface area contributed by atoms with Crippen molar-refractivity contribution in [2.45, 2.75) is 24.7 Å². The van der Waals surface area contributed by atoms with Crippen molar-refractivity contribution in [3.8, 4) is 0 Å². The molecule has 0 spiro atoms. The highest BCUT2D eigenvalue weighted by Gasteiger charge is 2.40. The largest absolute Gasteiger partial charge is 0.306 e. The topological polar surface area (TPSA) is 12.0 Å². The fraction of sp³-hybridized carbons (Fsp3) is 1.00. The zero-order valence-corrected chi connectivity index (χ0v) is 5.84. The molecule has 0 aromatic heterocycles. The Morgan fingerprint density at radius 2 is 1.18 bits per heavy atom. The molecule has 1 saturated heterocycles. The fourth-order valence-corrected chi connectivity index (χ4v) is 0.971. The highest BCUT2D eigenvalue weighted by Crippen LogP contribution is 2.29. The van der Waals surface area contributed by atoms with Gasteiger partial charge in [-0.15, -0.1) is 0 Å². The number of hydrogen-bond donors (Lipinski definition) is 1. The van der Waals surface area contributed by atoms with Gasteiger partial charge in [0.15, 0.2) is 0 Å². The summed E-state index contributed by atoms with van der Waals surface area (Å²) in [5.41, 5.74) is 0. The highest BCUT2D eigenvalue weighted by molar-refractivity contribution is 4.81. The van der Waals surface area contributed by atoms with Crippen LogP contribution in [0.15, 0.2) is 0 Å². The summed E-state index contributed by atoms with van der Waals surface area (Å²) in [6, 6.07) is 0. The molecule has 1 heterocycles. The van der Waals surface area contributed by atoms with Gasteiger partial charge in [0.05, 0.1) is 13.1 Å². The minimum atomic E-state index is -2.97. The third kappa shape index (κ3) is 2.65. The summed E-state index contributed by atoms with van der Waals surface area (Å²) < 4.78 is 49.6. The quantitative estimate of drug-likeness (QED) is 0.546. The van der Waals surface area contributed by atoms with Crippen molar-refractivity contribution in [2.75, 3.05) is 13.1 Å². The number of nitrogens with one attached hydrogen (secondary N) is 1. The minimum Gasteiger partial charge on any atom is -0.306 e. The van der Waals surface area contributed by atoms with Gasteiger partial charge in [-0.25, -0.2) is 17.6 Å². The SMILES string of the molecule is FC1(F)CCC(F)(F)CNC1. The zero-order valence-electron chi connectivity index (χ0n) is 5.84. The number of halogens is 4. The summed E-state index contributed by atoms with van der Waals surface area (Å²) in [4.78, 5) is 0. The van der Waals surface area contributed by atoms with Crippen LogP contribution in [0.3, 0.4) is 0 Å². The lowest BCUT2D eigenvalue weighted by molar-refractivity contribution is -0.0317. The first-order valence-electron chi connectivity index (χ1n) is 3.38. The molecule has 11 heavy (non-hydrogen) atoms. The van der Waals surface area contributed by atoms with E-state index in [1.54, 1.807) is 0 Å². The maximum absolute atomic E-state index is 12.4. The van der Waals surface area contributed by atoms with E-state index in [9.17, 15) is 17.6 Å². The molecular weight excluding hydrogens is 162 g/mol. The smallest absolute Gasteiger partial charge is 0.260 e. The molecule has 1 nitrogen and oxygen atoms in total. The van der Waals surface area contributed by atoms with Gasteiger partial charge < -0.3 is 5.32 Å². The second-order valence-corrected chi connectivity index (χ2v) is 2.82. The van der Waals surface area contributed by atoms with Crippen LogP contribution < -0.4 is 5.32 Å². The molecule has 0 amide bonds. The van der Waals surface area contributed by atoms with Gasteiger partial charge in [0.25, 0.3) is 11.8 Å². The fourth-order valence-electron chi connectivity index (χ4n) is 0.971. The Hall–Kier alpha value is -0.320. The first-order valence-corrected chi connectivity index (χ1v) is 3.38. The lowest BCUT2D eigenvalue weighted by Gasteiger charge is -2.12. The average Bonchev–Trinajstić information content (AvgIpc) is 1.92. The predicted molar refractivity (Wildman–Crippen MR) is 32.0 cm³/mol. The molecule has 0 atom stereocenters. The van der Waals surface area contributed by atoms with Crippen molar-refractivity contribution < 1.29 is 17.6 Å². The Labute approximate surface area is 61.8 Å². The third-order valence-corrected chi connectivity index (χ3v) is 1.62. The molecule has 0 unspecified atom stereocenters. The second-order valence-electron chi connectivity index (χ2n) is 2.82. The third-order valence-electron chi connectivity index (χ3n) is 1.62. The Morgan fingerprint density at radius 3 is 1.55 bits per heavy atom. The molecule has 1 rings (SSSR count). The Bertz CT molecular complexity index is 130. The van der Waals surface area contributed by atoms with Crippen LogP contribution in [0, 0.1) is 0 Å². The van der Waals surface area contributed by atoms with Gasteiger partial charge in [0, 0.05) is 12.8 Å². The van der Waals surface area contributed by atoms with Gasteiger partial charge in [-0.1, -0.05) is 0 Å². The van der Waals surface area contributed by atoms with E-state index >= 15 is 0 Å².